The molecule has 2 aromatic heterocycles. The van der Waals surface area contributed by atoms with Gasteiger partial charge < -0.3 is 20.3 Å². The second-order valence-electron chi connectivity index (χ2n) is 10.00. The number of halogens is 1. The van der Waals surface area contributed by atoms with E-state index in [1.165, 1.54) is 6.92 Å². The SMILES string of the molecule is CC(=O)NC(CN1Cc2ccc(-c3nc(NC4CCOCC4)ncc3Cl)cc2C1=O)c1csc(C(C)C)n1. The molecule has 1 unspecified atom stereocenters. The lowest BCUT2D eigenvalue weighted by Gasteiger charge is -2.23. The van der Waals surface area contributed by atoms with Gasteiger partial charge in [0.2, 0.25) is 11.9 Å². The van der Waals surface area contributed by atoms with Crippen LogP contribution in [0.2, 0.25) is 5.02 Å². The van der Waals surface area contributed by atoms with Crippen molar-refractivity contribution in [3.8, 4) is 11.3 Å². The molecule has 1 fully saturated rings. The van der Waals surface area contributed by atoms with E-state index in [0.29, 0.717) is 54.4 Å². The number of aromatic nitrogens is 3. The molecule has 2 aliphatic heterocycles. The Morgan fingerprint density at radius 2 is 2.05 bits per heavy atom. The highest BCUT2D eigenvalue weighted by molar-refractivity contribution is 7.09. The lowest BCUT2D eigenvalue weighted by molar-refractivity contribution is -0.119. The summed E-state index contributed by atoms with van der Waals surface area (Å²) in [5.74, 6) is 0.544. The number of amides is 2. The number of nitrogens with zero attached hydrogens (tertiary/aromatic N) is 4. The molecule has 0 saturated carbocycles. The second-order valence-corrected chi connectivity index (χ2v) is 11.3. The van der Waals surface area contributed by atoms with Crippen molar-refractivity contribution in [1.82, 2.24) is 25.2 Å². The van der Waals surface area contributed by atoms with Crippen molar-refractivity contribution in [1.29, 1.82) is 0 Å². The van der Waals surface area contributed by atoms with Gasteiger partial charge in [-0.15, -0.1) is 11.3 Å². The van der Waals surface area contributed by atoms with Gasteiger partial charge in [-0.2, -0.15) is 0 Å². The van der Waals surface area contributed by atoms with E-state index in [-0.39, 0.29) is 23.9 Å². The molecule has 1 saturated heterocycles. The van der Waals surface area contributed by atoms with Crippen LogP contribution < -0.4 is 10.6 Å². The van der Waals surface area contributed by atoms with Crippen molar-refractivity contribution in [2.24, 2.45) is 0 Å². The fourth-order valence-corrected chi connectivity index (χ4v) is 5.81. The minimum absolute atomic E-state index is 0.0951. The number of anilines is 1. The second kappa shape index (κ2) is 11.3. The molecule has 11 heteroatoms. The molecule has 9 nitrogen and oxygen atoms in total. The van der Waals surface area contributed by atoms with E-state index in [0.717, 1.165) is 34.7 Å². The first kappa shape index (κ1) is 26.5. The summed E-state index contributed by atoms with van der Waals surface area (Å²) in [6.07, 6.45) is 3.37. The van der Waals surface area contributed by atoms with Crippen LogP contribution in [0, 0.1) is 0 Å². The number of rotatable bonds is 8. The van der Waals surface area contributed by atoms with E-state index >= 15 is 0 Å². The molecule has 2 aliphatic rings. The number of benzene rings is 1. The Bertz CT molecular complexity index is 1340. The van der Waals surface area contributed by atoms with Gasteiger partial charge in [0, 0.05) is 61.7 Å². The van der Waals surface area contributed by atoms with E-state index in [1.54, 1.807) is 22.4 Å². The number of ether oxygens (including phenoxy) is 1. The Balaban J connectivity index is 1.35. The number of carbonyl (C=O) groups is 2. The van der Waals surface area contributed by atoms with Crippen LogP contribution in [0.1, 0.15) is 72.2 Å². The van der Waals surface area contributed by atoms with Crippen molar-refractivity contribution in [3.05, 3.63) is 56.6 Å². The Morgan fingerprint density at radius 1 is 1.26 bits per heavy atom. The molecule has 1 atom stereocenters. The maximum absolute atomic E-state index is 13.5. The Kier molecular flexibility index (Phi) is 7.92. The average molecular weight is 555 g/mol. The minimum atomic E-state index is -0.385. The topological polar surface area (TPSA) is 109 Å². The molecular formula is C27H31ClN6O3S. The van der Waals surface area contributed by atoms with Gasteiger partial charge in [-0.05, 0) is 24.5 Å². The van der Waals surface area contributed by atoms with Crippen LogP contribution in [0.4, 0.5) is 5.95 Å². The van der Waals surface area contributed by atoms with E-state index in [9.17, 15) is 9.59 Å². The smallest absolute Gasteiger partial charge is 0.254 e. The van der Waals surface area contributed by atoms with Crippen LogP contribution in [-0.4, -0.2) is 57.5 Å². The number of thiazole rings is 1. The first-order chi connectivity index (χ1) is 18.3. The van der Waals surface area contributed by atoms with Gasteiger partial charge in [0.25, 0.3) is 5.91 Å². The summed E-state index contributed by atoms with van der Waals surface area (Å²) in [7, 11) is 0. The lowest BCUT2D eigenvalue weighted by Crippen LogP contribution is -2.37. The maximum Gasteiger partial charge on any atom is 0.254 e. The monoisotopic (exact) mass is 554 g/mol. The minimum Gasteiger partial charge on any atom is -0.381 e. The summed E-state index contributed by atoms with van der Waals surface area (Å²) < 4.78 is 5.43. The summed E-state index contributed by atoms with van der Waals surface area (Å²) in [6.45, 7) is 7.87. The molecule has 0 bridgehead atoms. The zero-order chi connectivity index (χ0) is 26.8. The number of nitrogens with one attached hydrogen (secondary N) is 2. The number of carbonyl (C=O) groups excluding carboxylic acids is 2. The summed E-state index contributed by atoms with van der Waals surface area (Å²) in [5.41, 5.74) is 3.63. The predicted molar refractivity (Wildman–Crippen MR) is 147 cm³/mol. The van der Waals surface area contributed by atoms with Crippen molar-refractivity contribution < 1.29 is 14.3 Å². The molecule has 0 spiro atoms. The number of hydrogen-bond acceptors (Lipinski definition) is 8. The van der Waals surface area contributed by atoms with E-state index in [2.05, 4.69) is 34.4 Å². The lowest BCUT2D eigenvalue weighted by atomic mass is 10.0. The summed E-state index contributed by atoms with van der Waals surface area (Å²) >= 11 is 8.05. The summed E-state index contributed by atoms with van der Waals surface area (Å²) in [5, 5.41) is 9.72. The van der Waals surface area contributed by atoms with Crippen LogP contribution in [0.3, 0.4) is 0 Å². The Morgan fingerprint density at radius 3 is 2.76 bits per heavy atom. The molecule has 4 heterocycles. The third kappa shape index (κ3) is 5.82. The third-order valence-corrected chi connectivity index (χ3v) is 8.17. The fraction of sp³-hybridized carbons (Fsp3) is 0.444. The molecule has 2 N–H and O–H groups in total. The van der Waals surface area contributed by atoms with Crippen molar-refractivity contribution in [2.45, 2.75) is 58.2 Å². The fourth-order valence-electron chi connectivity index (χ4n) is 4.72. The molecular weight excluding hydrogens is 524 g/mol. The highest BCUT2D eigenvalue weighted by atomic mass is 35.5. The van der Waals surface area contributed by atoms with Crippen LogP contribution in [0.5, 0.6) is 0 Å². The zero-order valence-corrected chi connectivity index (χ0v) is 23.2. The Labute approximate surface area is 231 Å². The van der Waals surface area contributed by atoms with Gasteiger partial charge in [0.15, 0.2) is 0 Å². The van der Waals surface area contributed by atoms with Crippen molar-refractivity contribution in [2.75, 3.05) is 25.1 Å². The first-order valence-electron chi connectivity index (χ1n) is 12.8. The summed E-state index contributed by atoms with van der Waals surface area (Å²) in [4.78, 5) is 40.9. The van der Waals surface area contributed by atoms with Gasteiger partial charge in [-0.3, -0.25) is 9.59 Å². The molecule has 5 rings (SSSR count). The molecule has 0 radical (unpaired) electrons. The zero-order valence-electron chi connectivity index (χ0n) is 21.7. The van der Waals surface area contributed by atoms with Gasteiger partial charge in [0.05, 0.1) is 33.7 Å². The standard InChI is InChI=1S/C27H31ClN6O3S/c1-15(2)25-32-23(14-38-25)22(30-16(3)35)13-34-12-18-5-4-17(10-20(18)26(34)36)24-21(28)11-29-27(33-24)31-19-6-8-37-9-7-19/h4-5,10-11,14-15,19,22H,6-9,12-13H2,1-3H3,(H,30,35)(H,29,31,33). The molecule has 1 aromatic carbocycles. The number of hydrogen-bond donors (Lipinski definition) is 2. The largest absolute Gasteiger partial charge is 0.381 e. The van der Waals surface area contributed by atoms with Gasteiger partial charge >= 0.3 is 0 Å². The Hall–Kier alpha value is -3.08. The third-order valence-electron chi connectivity index (χ3n) is 6.73. The molecule has 38 heavy (non-hydrogen) atoms. The molecule has 0 aliphatic carbocycles. The number of fused-ring (bicyclic) bond motifs is 1. The normalized spacial score (nSPS) is 16.6. The summed E-state index contributed by atoms with van der Waals surface area (Å²) in [6, 6.07) is 5.59. The van der Waals surface area contributed by atoms with Crippen LogP contribution in [0.15, 0.2) is 29.8 Å². The van der Waals surface area contributed by atoms with E-state index < -0.39 is 0 Å². The van der Waals surface area contributed by atoms with Crippen molar-refractivity contribution in [3.63, 3.8) is 0 Å². The quantitative estimate of drug-likeness (QED) is 0.411. The highest BCUT2D eigenvalue weighted by Crippen LogP contribution is 2.33. The first-order valence-corrected chi connectivity index (χ1v) is 14.1. The average Bonchev–Trinajstić information content (AvgIpc) is 3.51. The maximum atomic E-state index is 13.5. The van der Waals surface area contributed by atoms with Crippen LogP contribution in [0.25, 0.3) is 11.3 Å². The van der Waals surface area contributed by atoms with Crippen LogP contribution >= 0.6 is 22.9 Å². The van der Waals surface area contributed by atoms with E-state index in [1.807, 2.05) is 23.6 Å². The van der Waals surface area contributed by atoms with Gasteiger partial charge in [0.1, 0.15) is 0 Å². The molecule has 200 valence electrons. The molecule has 3 aromatic rings. The van der Waals surface area contributed by atoms with Gasteiger partial charge in [-0.1, -0.05) is 37.6 Å². The highest BCUT2D eigenvalue weighted by Gasteiger charge is 2.31. The van der Waals surface area contributed by atoms with Crippen molar-refractivity contribution >= 4 is 40.7 Å². The van der Waals surface area contributed by atoms with Gasteiger partial charge in [-0.25, -0.2) is 15.0 Å². The van der Waals surface area contributed by atoms with Crippen LogP contribution in [-0.2, 0) is 16.1 Å². The molecule has 2 amide bonds. The predicted octanol–water partition coefficient (Wildman–Crippen LogP) is 4.80. The van der Waals surface area contributed by atoms with E-state index in [4.69, 9.17) is 21.3 Å².